The van der Waals surface area contributed by atoms with E-state index in [1.54, 1.807) is 0 Å². The van der Waals surface area contributed by atoms with Gasteiger partial charge in [-0.05, 0) is 24.8 Å². The fourth-order valence-corrected chi connectivity index (χ4v) is 4.29. The molecule has 0 aliphatic heterocycles. The van der Waals surface area contributed by atoms with E-state index in [0.717, 1.165) is 24.8 Å². The van der Waals surface area contributed by atoms with E-state index in [0.29, 0.717) is 5.78 Å². The maximum absolute atomic E-state index is 13.2. The Morgan fingerprint density at radius 1 is 0.792 bits per heavy atom. The lowest BCUT2D eigenvalue weighted by atomic mass is 9.74. The quantitative estimate of drug-likeness (QED) is 0.373. The predicted molar refractivity (Wildman–Crippen MR) is 104 cm³/mol. The number of fused-ring (bicyclic) bond motifs is 1. The molecule has 0 atom stereocenters. The third-order valence-electron chi connectivity index (χ3n) is 5.79. The van der Waals surface area contributed by atoms with Crippen LogP contribution in [0, 0.1) is 5.41 Å². The summed E-state index contributed by atoms with van der Waals surface area (Å²) in [6, 6.07) is 8.33. The Hall–Kier alpha value is -1.11. The van der Waals surface area contributed by atoms with Gasteiger partial charge in [-0.1, -0.05) is 102 Å². The van der Waals surface area contributed by atoms with Crippen molar-refractivity contribution in [2.45, 2.75) is 97.3 Å². The minimum atomic E-state index is -0.0812. The molecule has 1 aliphatic carbocycles. The molecule has 1 aromatic rings. The average molecular weight is 329 g/mol. The van der Waals surface area contributed by atoms with Gasteiger partial charge in [-0.3, -0.25) is 4.79 Å². The van der Waals surface area contributed by atoms with Gasteiger partial charge >= 0.3 is 0 Å². The van der Waals surface area contributed by atoms with Gasteiger partial charge in [0.15, 0.2) is 5.78 Å². The Labute approximate surface area is 149 Å². The fourth-order valence-electron chi connectivity index (χ4n) is 4.29. The van der Waals surface area contributed by atoms with Crippen LogP contribution in [-0.4, -0.2) is 5.78 Å². The SMILES string of the molecule is CCCCCCCC1(CCCCCCC)Cc2ccccc2C1=O. The number of ketones is 1. The van der Waals surface area contributed by atoms with Gasteiger partial charge in [0.05, 0.1) is 0 Å². The maximum atomic E-state index is 13.2. The number of unbranched alkanes of at least 4 members (excludes halogenated alkanes) is 8. The summed E-state index contributed by atoms with van der Waals surface area (Å²) in [6.07, 6.45) is 16.1. The molecule has 24 heavy (non-hydrogen) atoms. The summed E-state index contributed by atoms with van der Waals surface area (Å²) in [7, 11) is 0. The largest absolute Gasteiger partial charge is 0.294 e. The third kappa shape index (κ3) is 4.94. The summed E-state index contributed by atoms with van der Waals surface area (Å²) < 4.78 is 0. The molecule has 0 aromatic heterocycles. The number of Topliss-reactive ketones (excluding diaryl/α,β-unsaturated/α-hetero) is 1. The monoisotopic (exact) mass is 328 g/mol. The zero-order chi connectivity index (χ0) is 17.3. The molecule has 0 saturated carbocycles. The minimum Gasteiger partial charge on any atom is -0.294 e. The van der Waals surface area contributed by atoms with Crippen molar-refractivity contribution >= 4 is 5.78 Å². The first kappa shape index (κ1) is 19.2. The fraction of sp³-hybridized carbons (Fsp3) is 0.696. The van der Waals surface area contributed by atoms with Crippen LogP contribution in [0.1, 0.15) is 107 Å². The predicted octanol–water partition coefficient (Wildman–Crippen LogP) is 7.13. The number of carbonyl (C=O) groups excluding carboxylic acids is 1. The number of hydrogen-bond acceptors (Lipinski definition) is 1. The smallest absolute Gasteiger partial charge is 0.169 e. The van der Waals surface area contributed by atoms with Crippen molar-refractivity contribution in [3.63, 3.8) is 0 Å². The highest BCUT2D eigenvalue weighted by molar-refractivity contribution is 6.04. The number of benzene rings is 1. The standard InChI is InChI=1S/C23H36O/c1-3-5-7-9-13-17-23(18-14-10-8-6-4-2)19-20-15-11-12-16-21(20)22(23)24/h11-12,15-16H,3-10,13-14,17-19H2,1-2H3. The van der Waals surface area contributed by atoms with E-state index in [2.05, 4.69) is 26.0 Å². The zero-order valence-electron chi connectivity index (χ0n) is 15.9. The van der Waals surface area contributed by atoms with Crippen molar-refractivity contribution in [3.05, 3.63) is 35.4 Å². The third-order valence-corrected chi connectivity index (χ3v) is 5.79. The van der Waals surface area contributed by atoms with Crippen LogP contribution in [0.2, 0.25) is 0 Å². The van der Waals surface area contributed by atoms with Crippen molar-refractivity contribution in [1.82, 2.24) is 0 Å². The first-order chi connectivity index (χ1) is 11.7. The normalized spacial score (nSPS) is 15.7. The van der Waals surface area contributed by atoms with Crippen molar-refractivity contribution in [1.29, 1.82) is 0 Å². The van der Waals surface area contributed by atoms with Crippen molar-refractivity contribution in [2.75, 3.05) is 0 Å². The van der Waals surface area contributed by atoms with Gasteiger partial charge in [-0.2, -0.15) is 0 Å². The molecule has 0 fully saturated rings. The molecular formula is C23H36O. The second kappa shape index (κ2) is 10.0. The molecule has 2 rings (SSSR count). The molecule has 0 saturated heterocycles. The van der Waals surface area contributed by atoms with E-state index in [9.17, 15) is 4.79 Å². The van der Waals surface area contributed by atoms with E-state index in [1.807, 2.05) is 12.1 Å². The lowest BCUT2D eigenvalue weighted by Crippen LogP contribution is -2.28. The summed E-state index contributed by atoms with van der Waals surface area (Å²) >= 11 is 0. The zero-order valence-corrected chi connectivity index (χ0v) is 15.9. The lowest BCUT2D eigenvalue weighted by Gasteiger charge is -2.27. The summed E-state index contributed by atoms with van der Waals surface area (Å²) in [5.74, 6) is 0.448. The summed E-state index contributed by atoms with van der Waals surface area (Å²) in [5.41, 5.74) is 2.23. The van der Waals surface area contributed by atoms with Crippen LogP contribution in [0.5, 0.6) is 0 Å². The highest BCUT2D eigenvalue weighted by Crippen LogP contribution is 2.44. The molecular weight excluding hydrogens is 292 g/mol. The van der Waals surface area contributed by atoms with E-state index < -0.39 is 0 Å². The molecule has 0 heterocycles. The molecule has 0 N–H and O–H groups in total. The van der Waals surface area contributed by atoms with E-state index >= 15 is 0 Å². The molecule has 1 heteroatoms. The second-order valence-corrected chi connectivity index (χ2v) is 7.77. The van der Waals surface area contributed by atoms with Gasteiger partial charge < -0.3 is 0 Å². The first-order valence-corrected chi connectivity index (χ1v) is 10.4. The highest BCUT2D eigenvalue weighted by Gasteiger charge is 2.43. The highest BCUT2D eigenvalue weighted by atomic mass is 16.1. The van der Waals surface area contributed by atoms with E-state index in [-0.39, 0.29) is 5.41 Å². The van der Waals surface area contributed by atoms with Gasteiger partial charge in [0.1, 0.15) is 0 Å². The summed E-state index contributed by atoms with van der Waals surface area (Å²) in [5, 5.41) is 0. The Kier molecular flexibility index (Phi) is 8.02. The van der Waals surface area contributed by atoms with Gasteiger partial charge in [0.2, 0.25) is 0 Å². The molecule has 0 spiro atoms. The maximum Gasteiger partial charge on any atom is 0.169 e. The van der Waals surface area contributed by atoms with Gasteiger partial charge in [-0.15, -0.1) is 0 Å². The van der Waals surface area contributed by atoms with Crippen LogP contribution < -0.4 is 0 Å². The van der Waals surface area contributed by atoms with Crippen LogP contribution in [0.25, 0.3) is 0 Å². The number of carbonyl (C=O) groups is 1. The van der Waals surface area contributed by atoms with Crippen LogP contribution in [0.4, 0.5) is 0 Å². The van der Waals surface area contributed by atoms with Crippen molar-refractivity contribution in [3.8, 4) is 0 Å². The molecule has 1 aromatic carbocycles. The first-order valence-electron chi connectivity index (χ1n) is 10.4. The van der Waals surface area contributed by atoms with Gasteiger partial charge in [0.25, 0.3) is 0 Å². The van der Waals surface area contributed by atoms with Crippen molar-refractivity contribution in [2.24, 2.45) is 5.41 Å². The molecule has 1 nitrogen and oxygen atoms in total. The van der Waals surface area contributed by atoms with E-state index in [4.69, 9.17) is 0 Å². The Balaban J connectivity index is 1.96. The second-order valence-electron chi connectivity index (χ2n) is 7.77. The number of hydrogen-bond donors (Lipinski definition) is 0. The molecule has 0 amide bonds. The summed E-state index contributed by atoms with van der Waals surface area (Å²) in [6.45, 7) is 4.52. The molecule has 0 bridgehead atoms. The minimum absolute atomic E-state index is 0.0812. The molecule has 0 unspecified atom stereocenters. The number of rotatable bonds is 12. The van der Waals surface area contributed by atoms with E-state index in [1.165, 1.54) is 69.8 Å². The Bertz CT molecular complexity index is 489. The van der Waals surface area contributed by atoms with Crippen LogP contribution in [0.15, 0.2) is 24.3 Å². The average Bonchev–Trinajstić information content (AvgIpc) is 2.88. The topological polar surface area (TPSA) is 17.1 Å². The van der Waals surface area contributed by atoms with Crippen LogP contribution >= 0.6 is 0 Å². The Morgan fingerprint density at radius 3 is 1.88 bits per heavy atom. The van der Waals surface area contributed by atoms with Crippen molar-refractivity contribution < 1.29 is 4.79 Å². The molecule has 134 valence electrons. The van der Waals surface area contributed by atoms with Gasteiger partial charge in [-0.25, -0.2) is 0 Å². The lowest BCUT2D eigenvalue weighted by molar-refractivity contribution is 0.0777. The summed E-state index contributed by atoms with van der Waals surface area (Å²) in [4.78, 5) is 13.2. The Morgan fingerprint density at radius 2 is 1.33 bits per heavy atom. The molecule has 0 radical (unpaired) electrons. The molecule has 1 aliphatic rings. The van der Waals surface area contributed by atoms with Crippen LogP contribution in [-0.2, 0) is 6.42 Å². The van der Waals surface area contributed by atoms with Crippen LogP contribution in [0.3, 0.4) is 0 Å². The van der Waals surface area contributed by atoms with Gasteiger partial charge in [0, 0.05) is 11.0 Å².